The summed E-state index contributed by atoms with van der Waals surface area (Å²) in [5, 5.41) is 11.9. The van der Waals surface area contributed by atoms with Crippen molar-refractivity contribution in [2.24, 2.45) is 0 Å². The van der Waals surface area contributed by atoms with Crippen LogP contribution in [0.4, 0.5) is 5.82 Å². The number of nitrogens with zero attached hydrogens (tertiary/aromatic N) is 2. The van der Waals surface area contributed by atoms with Crippen LogP contribution in [0, 0.1) is 11.3 Å². The van der Waals surface area contributed by atoms with Crippen LogP contribution in [0.3, 0.4) is 0 Å². The number of pyridine rings is 1. The Labute approximate surface area is 124 Å². The van der Waals surface area contributed by atoms with Gasteiger partial charge in [0.25, 0.3) is 0 Å². The minimum atomic E-state index is -0.0567. The molecule has 1 aromatic heterocycles. The molecule has 1 N–H and O–H groups in total. The van der Waals surface area contributed by atoms with Crippen LogP contribution >= 0.6 is 0 Å². The van der Waals surface area contributed by atoms with E-state index in [-0.39, 0.29) is 6.10 Å². The predicted octanol–water partition coefficient (Wildman–Crippen LogP) is 2.84. The van der Waals surface area contributed by atoms with Crippen LogP contribution in [-0.2, 0) is 0 Å². The maximum atomic E-state index is 8.72. The van der Waals surface area contributed by atoms with E-state index in [0.29, 0.717) is 29.4 Å². The summed E-state index contributed by atoms with van der Waals surface area (Å²) in [7, 11) is 1.62. The average molecular weight is 283 g/mol. The van der Waals surface area contributed by atoms with Gasteiger partial charge in [0.05, 0.1) is 19.2 Å². The fourth-order valence-corrected chi connectivity index (χ4v) is 1.79. The Hall–Kier alpha value is -2.74. The van der Waals surface area contributed by atoms with E-state index in [2.05, 4.69) is 10.3 Å². The first-order valence-corrected chi connectivity index (χ1v) is 6.62. The number of rotatable bonds is 6. The second-order valence-electron chi connectivity index (χ2n) is 4.50. The second kappa shape index (κ2) is 7.15. The minimum Gasteiger partial charge on any atom is -0.493 e. The van der Waals surface area contributed by atoms with E-state index in [1.54, 1.807) is 19.2 Å². The first-order valence-electron chi connectivity index (χ1n) is 6.62. The van der Waals surface area contributed by atoms with Crippen molar-refractivity contribution in [3.05, 3.63) is 48.2 Å². The van der Waals surface area contributed by atoms with Crippen molar-refractivity contribution in [2.75, 3.05) is 19.0 Å². The van der Waals surface area contributed by atoms with Crippen LogP contribution in [-0.4, -0.2) is 24.7 Å². The first kappa shape index (κ1) is 14.7. The molecule has 5 heteroatoms. The lowest BCUT2D eigenvalue weighted by Gasteiger charge is -2.17. The van der Waals surface area contributed by atoms with Gasteiger partial charge in [0.1, 0.15) is 18.0 Å². The molecule has 5 nitrogen and oxygen atoms in total. The summed E-state index contributed by atoms with van der Waals surface area (Å²) in [6, 6.07) is 13.1. The van der Waals surface area contributed by atoms with Crippen LogP contribution in [0.5, 0.6) is 11.5 Å². The first-order chi connectivity index (χ1) is 10.2. The highest BCUT2D eigenvalue weighted by Gasteiger charge is 2.08. The molecule has 0 amide bonds. The third-order valence-electron chi connectivity index (χ3n) is 2.86. The second-order valence-corrected chi connectivity index (χ2v) is 4.50. The molecular weight excluding hydrogens is 266 g/mol. The van der Waals surface area contributed by atoms with Gasteiger partial charge < -0.3 is 14.8 Å². The fraction of sp³-hybridized carbons (Fsp3) is 0.250. The average Bonchev–Trinajstić information content (AvgIpc) is 2.54. The zero-order valence-corrected chi connectivity index (χ0v) is 12.0. The fourth-order valence-electron chi connectivity index (χ4n) is 1.79. The molecule has 0 bridgehead atoms. The Bertz CT molecular complexity index is 620. The quantitative estimate of drug-likeness (QED) is 0.883. The molecule has 1 heterocycles. The van der Waals surface area contributed by atoms with E-state index >= 15 is 0 Å². The Morgan fingerprint density at radius 3 is 2.62 bits per heavy atom. The lowest BCUT2D eigenvalue weighted by atomic mass is 10.3. The number of aromatic nitrogens is 1. The van der Waals surface area contributed by atoms with Crippen LogP contribution in [0.25, 0.3) is 0 Å². The minimum absolute atomic E-state index is 0.0567. The van der Waals surface area contributed by atoms with Gasteiger partial charge in [-0.1, -0.05) is 12.1 Å². The summed E-state index contributed by atoms with van der Waals surface area (Å²) < 4.78 is 11.1. The molecule has 0 aliphatic rings. The van der Waals surface area contributed by atoms with E-state index in [1.807, 2.05) is 37.3 Å². The van der Waals surface area contributed by atoms with Gasteiger partial charge in [0, 0.05) is 6.20 Å². The van der Waals surface area contributed by atoms with Crippen LogP contribution < -0.4 is 14.8 Å². The predicted molar refractivity (Wildman–Crippen MR) is 80.5 cm³/mol. The van der Waals surface area contributed by atoms with Gasteiger partial charge in [0.2, 0.25) is 0 Å². The molecule has 1 aromatic carbocycles. The number of anilines is 1. The largest absolute Gasteiger partial charge is 0.493 e. The zero-order valence-electron chi connectivity index (χ0n) is 12.0. The summed E-state index contributed by atoms with van der Waals surface area (Å²) in [5.74, 6) is 2.13. The number of hydrogen-bond donors (Lipinski definition) is 1. The highest BCUT2D eigenvalue weighted by molar-refractivity contribution is 5.40. The number of para-hydroxylation sites is 2. The van der Waals surface area contributed by atoms with Gasteiger partial charge in [-0.05, 0) is 31.2 Å². The molecule has 0 saturated carbocycles. The molecule has 0 saturated heterocycles. The molecule has 0 aliphatic heterocycles. The normalized spacial score (nSPS) is 11.3. The molecule has 108 valence electrons. The van der Waals surface area contributed by atoms with E-state index < -0.39 is 0 Å². The third kappa shape index (κ3) is 4.11. The maximum Gasteiger partial charge on any atom is 0.161 e. The zero-order chi connectivity index (χ0) is 15.1. The maximum absolute atomic E-state index is 8.72. The van der Waals surface area contributed by atoms with Crippen molar-refractivity contribution in [1.82, 2.24) is 4.98 Å². The summed E-state index contributed by atoms with van der Waals surface area (Å²) in [6.45, 7) is 2.56. The van der Waals surface area contributed by atoms with Gasteiger partial charge in [-0.15, -0.1) is 0 Å². The number of hydrogen-bond acceptors (Lipinski definition) is 5. The Morgan fingerprint density at radius 2 is 2.00 bits per heavy atom. The number of nitrogens with one attached hydrogen (secondary N) is 1. The molecule has 0 radical (unpaired) electrons. The Morgan fingerprint density at radius 1 is 1.24 bits per heavy atom. The number of ether oxygens (including phenoxy) is 2. The van der Waals surface area contributed by atoms with Crippen molar-refractivity contribution in [3.8, 4) is 17.6 Å². The number of nitriles is 1. The van der Waals surface area contributed by atoms with Gasteiger partial charge in [-0.25, -0.2) is 4.98 Å². The number of benzene rings is 1. The lowest BCUT2D eigenvalue weighted by Crippen LogP contribution is -2.23. The number of methoxy groups -OCH3 is 1. The van der Waals surface area contributed by atoms with Crippen LogP contribution in [0.2, 0.25) is 0 Å². The van der Waals surface area contributed by atoms with Gasteiger partial charge in [-0.2, -0.15) is 5.26 Å². The van der Waals surface area contributed by atoms with E-state index in [1.165, 1.54) is 6.20 Å². The van der Waals surface area contributed by atoms with E-state index in [4.69, 9.17) is 14.7 Å². The Kier molecular flexibility index (Phi) is 4.99. The highest BCUT2D eigenvalue weighted by Crippen LogP contribution is 2.26. The summed E-state index contributed by atoms with van der Waals surface area (Å²) in [4.78, 5) is 4.15. The van der Waals surface area contributed by atoms with Gasteiger partial charge in [-0.3, -0.25) is 0 Å². The monoisotopic (exact) mass is 283 g/mol. The molecule has 0 spiro atoms. The van der Waals surface area contributed by atoms with Crippen LogP contribution in [0.1, 0.15) is 12.5 Å². The summed E-state index contributed by atoms with van der Waals surface area (Å²) in [5.41, 5.74) is 0.541. The molecule has 0 fully saturated rings. The lowest BCUT2D eigenvalue weighted by molar-refractivity contribution is 0.223. The third-order valence-corrected chi connectivity index (χ3v) is 2.86. The highest BCUT2D eigenvalue weighted by atomic mass is 16.5. The molecule has 2 rings (SSSR count). The van der Waals surface area contributed by atoms with Crippen molar-refractivity contribution >= 4 is 5.82 Å². The molecule has 0 aliphatic carbocycles. The molecule has 2 aromatic rings. The molecule has 21 heavy (non-hydrogen) atoms. The topological polar surface area (TPSA) is 67.2 Å². The smallest absolute Gasteiger partial charge is 0.161 e. The standard InChI is InChI=1S/C16H17N3O2/c1-12(21-15-6-4-3-5-14(15)20-2)10-18-16-8-7-13(9-17)11-19-16/h3-8,11-12H,10H2,1-2H3,(H,18,19). The van der Waals surface area contributed by atoms with Gasteiger partial charge in [0.15, 0.2) is 11.5 Å². The van der Waals surface area contributed by atoms with E-state index in [0.717, 1.165) is 0 Å². The van der Waals surface area contributed by atoms with Crippen LogP contribution in [0.15, 0.2) is 42.6 Å². The summed E-state index contributed by atoms with van der Waals surface area (Å²) >= 11 is 0. The van der Waals surface area contributed by atoms with Gasteiger partial charge >= 0.3 is 0 Å². The van der Waals surface area contributed by atoms with Crippen molar-refractivity contribution in [2.45, 2.75) is 13.0 Å². The van der Waals surface area contributed by atoms with Crippen molar-refractivity contribution in [1.29, 1.82) is 5.26 Å². The molecule has 1 atom stereocenters. The Balaban J connectivity index is 1.89. The molecular formula is C16H17N3O2. The van der Waals surface area contributed by atoms with Crippen molar-refractivity contribution in [3.63, 3.8) is 0 Å². The molecule has 1 unspecified atom stereocenters. The SMILES string of the molecule is COc1ccccc1OC(C)CNc1ccc(C#N)cn1. The van der Waals surface area contributed by atoms with Crippen molar-refractivity contribution < 1.29 is 9.47 Å². The van der Waals surface area contributed by atoms with E-state index in [9.17, 15) is 0 Å². The summed E-state index contributed by atoms with van der Waals surface area (Å²) in [6.07, 6.45) is 1.48.